The minimum absolute atomic E-state index is 0.223. The summed E-state index contributed by atoms with van der Waals surface area (Å²) < 4.78 is 0. The summed E-state index contributed by atoms with van der Waals surface area (Å²) in [5.74, 6) is -0.276. The van der Waals surface area contributed by atoms with Crippen molar-refractivity contribution in [2.75, 3.05) is 0 Å². The number of rotatable bonds is 2. The standard InChI is InChI=1S/C8H11N3O/c1-5(2)6-3-10-4-7(11-6)8(9)12/h3-5H,1-2H3,(H2,9,12). The lowest BCUT2D eigenvalue weighted by Gasteiger charge is -2.03. The van der Waals surface area contributed by atoms with E-state index in [4.69, 9.17) is 5.73 Å². The molecule has 0 aliphatic heterocycles. The molecule has 1 aromatic heterocycles. The van der Waals surface area contributed by atoms with Crippen molar-refractivity contribution in [3.63, 3.8) is 0 Å². The number of amides is 1. The molecule has 0 aliphatic rings. The van der Waals surface area contributed by atoms with Crippen LogP contribution in [0.1, 0.15) is 35.9 Å². The van der Waals surface area contributed by atoms with E-state index in [0.29, 0.717) is 0 Å². The Kier molecular flexibility index (Phi) is 2.38. The number of carbonyl (C=O) groups is 1. The topological polar surface area (TPSA) is 68.9 Å². The van der Waals surface area contributed by atoms with Gasteiger partial charge in [0.15, 0.2) is 0 Å². The molecule has 0 radical (unpaired) electrons. The van der Waals surface area contributed by atoms with Crippen molar-refractivity contribution in [3.8, 4) is 0 Å². The Hall–Kier alpha value is -1.45. The normalized spacial score (nSPS) is 10.2. The van der Waals surface area contributed by atoms with Crippen LogP contribution in [0, 0.1) is 0 Å². The molecule has 0 unspecified atom stereocenters. The minimum Gasteiger partial charge on any atom is -0.364 e. The average molecular weight is 165 g/mol. The van der Waals surface area contributed by atoms with Crippen LogP contribution in [0.4, 0.5) is 0 Å². The molecular weight excluding hydrogens is 154 g/mol. The Morgan fingerprint density at radius 1 is 1.50 bits per heavy atom. The van der Waals surface area contributed by atoms with Crippen LogP contribution in [-0.2, 0) is 0 Å². The van der Waals surface area contributed by atoms with Gasteiger partial charge in [-0.2, -0.15) is 0 Å². The zero-order valence-corrected chi connectivity index (χ0v) is 7.11. The molecule has 1 rings (SSSR count). The van der Waals surface area contributed by atoms with Gasteiger partial charge in [0.05, 0.1) is 11.9 Å². The molecule has 12 heavy (non-hydrogen) atoms. The lowest BCUT2D eigenvalue weighted by Crippen LogP contribution is -2.14. The van der Waals surface area contributed by atoms with E-state index in [1.54, 1.807) is 6.20 Å². The average Bonchev–Trinajstić information content (AvgIpc) is 2.04. The zero-order chi connectivity index (χ0) is 9.14. The summed E-state index contributed by atoms with van der Waals surface area (Å²) in [5.41, 5.74) is 6.05. The van der Waals surface area contributed by atoms with Gasteiger partial charge in [0.2, 0.25) is 0 Å². The molecule has 0 saturated heterocycles. The van der Waals surface area contributed by atoms with Crippen LogP contribution in [0.5, 0.6) is 0 Å². The molecule has 4 heteroatoms. The van der Waals surface area contributed by atoms with Gasteiger partial charge in [-0.25, -0.2) is 4.98 Å². The summed E-state index contributed by atoms with van der Waals surface area (Å²) in [7, 11) is 0. The molecule has 0 atom stereocenters. The largest absolute Gasteiger partial charge is 0.364 e. The maximum atomic E-state index is 10.7. The highest BCUT2D eigenvalue weighted by Gasteiger charge is 2.05. The van der Waals surface area contributed by atoms with Crippen molar-refractivity contribution in [2.45, 2.75) is 19.8 Å². The Bertz CT molecular complexity index is 296. The maximum absolute atomic E-state index is 10.7. The molecule has 2 N–H and O–H groups in total. The van der Waals surface area contributed by atoms with Crippen LogP contribution < -0.4 is 5.73 Å². The van der Waals surface area contributed by atoms with Crippen LogP contribution in [0.15, 0.2) is 12.4 Å². The van der Waals surface area contributed by atoms with E-state index < -0.39 is 5.91 Å². The summed E-state index contributed by atoms with van der Waals surface area (Å²) >= 11 is 0. The van der Waals surface area contributed by atoms with Gasteiger partial charge < -0.3 is 5.73 Å². The molecule has 0 spiro atoms. The highest BCUT2D eigenvalue weighted by molar-refractivity contribution is 5.90. The lowest BCUT2D eigenvalue weighted by atomic mass is 10.1. The SMILES string of the molecule is CC(C)c1cncc(C(N)=O)n1. The molecule has 64 valence electrons. The molecule has 0 aromatic carbocycles. The Morgan fingerprint density at radius 3 is 2.67 bits per heavy atom. The Morgan fingerprint density at radius 2 is 2.17 bits per heavy atom. The quantitative estimate of drug-likeness (QED) is 0.701. The molecular formula is C8H11N3O. The maximum Gasteiger partial charge on any atom is 0.268 e. The molecule has 0 fully saturated rings. The van der Waals surface area contributed by atoms with E-state index in [-0.39, 0.29) is 11.6 Å². The summed E-state index contributed by atoms with van der Waals surface area (Å²) in [6.45, 7) is 3.96. The van der Waals surface area contributed by atoms with E-state index in [1.807, 2.05) is 13.8 Å². The Balaban J connectivity index is 3.04. The third kappa shape index (κ3) is 1.78. The minimum atomic E-state index is -0.537. The van der Waals surface area contributed by atoms with Crippen LogP contribution in [-0.4, -0.2) is 15.9 Å². The van der Waals surface area contributed by atoms with Gasteiger partial charge in [0, 0.05) is 6.20 Å². The van der Waals surface area contributed by atoms with Crippen LogP contribution >= 0.6 is 0 Å². The van der Waals surface area contributed by atoms with Crippen LogP contribution in [0.2, 0.25) is 0 Å². The third-order valence-electron chi connectivity index (χ3n) is 1.50. The number of carbonyl (C=O) groups excluding carboxylic acids is 1. The molecule has 0 bridgehead atoms. The lowest BCUT2D eigenvalue weighted by molar-refractivity contribution is 0.0995. The van der Waals surface area contributed by atoms with Gasteiger partial charge in [0.1, 0.15) is 5.69 Å². The summed E-state index contributed by atoms with van der Waals surface area (Å²) in [4.78, 5) is 18.6. The first kappa shape index (κ1) is 8.64. The van der Waals surface area contributed by atoms with Crippen molar-refractivity contribution in [3.05, 3.63) is 23.8 Å². The van der Waals surface area contributed by atoms with Crippen molar-refractivity contribution >= 4 is 5.91 Å². The van der Waals surface area contributed by atoms with Gasteiger partial charge in [-0.1, -0.05) is 13.8 Å². The second-order valence-electron chi connectivity index (χ2n) is 2.85. The fourth-order valence-electron chi connectivity index (χ4n) is 0.778. The molecule has 1 aromatic rings. The van der Waals surface area contributed by atoms with Gasteiger partial charge in [-0.15, -0.1) is 0 Å². The van der Waals surface area contributed by atoms with Gasteiger partial charge in [0.25, 0.3) is 5.91 Å². The van der Waals surface area contributed by atoms with E-state index in [9.17, 15) is 4.79 Å². The van der Waals surface area contributed by atoms with Crippen molar-refractivity contribution < 1.29 is 4.79 Å². The highest BCUT2D eigenvalue weighted by Crippen LogP contribution is 2.09. The Labute approximate surface area is 70.8 Å². The van der Waals surface area contributed by atoms with Crippen molar-refractivity contribution in [2.24, 2.45) is 5.73 Å². The number of aromatic nitrogens is 2. The van der Waals surface area contributed by atoms with Crippen LogP contribution in [0.25, 0.3) is 0 Å². The molecule has 1 amide bonds. The number of primary amides is 1. The number of hydrogen-bond donors (Lipinski definition) is 1. The number of nitrogens with two attached hydrogens (primary N) is 1. The second kappa shape index (κ2) is 3.30. The van der Waals surface area contributed by atoms with E-state index >= 15 is 0 Å². The fourth-order valence-corrected chi connectivity index (χ4v) is 0.778. The smallest absolute Gasteiger partial charge is 0.268 e. The number of hydrogen-bond acceptors (Lipinski definition) is 3. The van der Waals surface area contributed by atoms with Crippen molar-refractivity contribution in [1.29, 1.82) is 0 Å². The fraction of sp³-hybridized carbons (Fsp3) is 0.375. The van der Waals surface area contributed by atoms with Crippen LogP contribution in [0.3, 0.4) is 0 Å². The van der Waals surface area contributed by atoms with Gasteiger partial charge >= 0.3 is 0 Å². The monoisotopic (exact) mass is 165 g/mol. The second-order valence-corrected chi connectivity index (χ2v) is 2.85. The highest BCUT2D eigenvalue weighted by atomic mass is 16.1. The molecule has 1 heterocycles. The van der Waals surface area contributed by atoms with Gasteiger partial charge in [-0.3, -0.25) is 9.78 Å². The van der Waals surface area contributed by atoms with E-state index in [1.165, 1.54) is 6.20 Å². The van der Waals surface area contributed by atoms with Crippen molar-refractivity contribution in [1.82, 2.24) is 9.97 Å². The first-order valence-corrected chi connectivity index (χ1v) is 3.73. The third-order valence-corrected chi connectivity index (χ3v) is 1.50. The van der Waals surface area contributed by atoms with E-state index in [0.717, 1.165) is 5.69 Å². The summed E-state index contributed by atoms with van der Waals surface area (Å²) in [6.07, 6.45) is 3.01. The number of nitrogens with zero attached hydrogens (tertiary/aromatic N) is 2. The summed E-state index contributed by atoms with van der Waals surface area (Å²) in [5, 5.41) is 0. The predicted octanol–water partition coefficient (Wildman–Crippen LogP) is 0.699. The molecule has 4 nitrogen and oxygen atoms in total. The molecule has 0 aliphatic carbocycles. The first-order valence-electron chi connectivity index (χ1n) is 3.73. The zero-order valence-electron chi connectivity index (χ0n) is 7.11. The first-order chi connectivity index (χ1) is 5.61. The van der Waals surface area contributed by atoms with E-state index in [2.05, 4.69) is 9.97 Å². The summed E-state index contributed by atoms with van der Waals surface area (Å²) in [6, 6.07) is 0. The van der Waals surface area contributed by atoms with Gasteiger partial charge in [-0.05, 0) is 5.92 Å². The molecule has 0 saturated carbocycles. The predicted molar refractivity (Wildman–Crippen MR) is 44.6 cm³/mol.